The van der Waals surface area contributed by atoms with Gasteiger partial charge in [0, 0.05) is 12.2 Å². The summed E-state index contributed by atoms with van der Waals surface area (Å²) in [6, 6.07) is 7.66. The highest BCUT2D eigenvalue weighted by atomic mass is 16.2. The highest BCUT2D eigenvalue weighted by Gasteiger charge is 2.06. The van der Waals surface area contributed by atoms with E-state index in [1.807, 2.05) is 32.0 Å². The Morgan fingerprint density at radius 1 is 1.47 bits per heavy atom. The molecule has 4 heteroatoms. The fourth-order valence-electron chi connectivity index (χ4n) is 1.33. The van der Waals surface area contributed by atoms with Gasteiger partial charge in [0.05, 0.1) is 12.0 Å². The molecule has 4 nitrogen and oxygen atoms in total. The monoisotopic (exact) mass is 231 g/mol. The third kappa shape index (κ3) is 4.15. The van der Waals surface area contributed by atoms with E-state index in [9.17, 15) is 4.79 Å². The van der Waals surface area contributed by atoms with Gasteiger partial charge in [0.1, 0.15) is 0 Å². The molecule has 0 aliphatic heterocycles. The van der Waals surface area contributed by atoms with E-state index in [0.717, 1.165) is 16.8 Å². The molecule has 1 atom stereocenters. The van der Waals surface area contributed by atoms with Crippen LogP contribution < -0.4 is 10.6 Å². The number of hydrogen-bond acceptors (Lipinski definition) is 2. The largest absolute Gasteiger partial charge is 0.337 e. The number of amides is 2. The minimum Gasteiger partial charge on any atom is -0.337 e. The first-order valence-electron chi connectivity index (χ1n) is 5.54. The molecule has 0 aromatic heterocycles. The summed E-state index contributed by atoms with van der Waals surface area (Å²) in [7, 11) is 0. The molecule has 1 aromatic rings. The van der Waals surface area contributed by atoms with Crippen molar-refractivity contribution in [2.75, 3.05) is 11.9 Å². The van der Waals surface area contributed by atoms with Crippen LogP contribution in [0.3, 0.4) is 0 Å². The molecule has 1 aromatic carbocycles. The molecular weight excluding hydrogens is 214 g/mol. The molecule has 2 N–H and O–H groups in total. The first-order valence-corrected chi connectivity index (χ1v) is 5.54. The summed E-state index contributed by atoms with van der Waals surface area (Å²) >= 11 is 0. The van der Waals surface area contributed by atoms with Crippen molar-refractivity contribution < 1.29 is 4.79 Å². The van der Waals surface area contributed by atoms with Crippen LogP contribution in [0.2, 0.25) is 0 Å². The molecule has 0 aliphatic rings. The lowest BCUT2D eigenvalue weighted by molar-refractivity contribution is 0.251. The first kappa shape index (κ1) is 13.0. The second-order valence-corrected chi connectivity index (χ2v) is 4.18. The van der Waals surface area contributed by atoms with E-state index in [-0.39, 0.29) is 11.9 Å². The van der Waals surface area contributed by atoms with E-state index in [2.05, 4.69) is 16.7 Å². The minimum absolute atomic E-state index is 0.181. The van der Waals surface area contributed by atoms with Crippen LogP contribution >= 0.6 is 0 Å². The van der Waals surface area contributed by atoms with Gasteiger partial charge in [0.15, 0.2) is 0 Å². The van der Waals surface area contributed by atoms with Gasteiger partial charge in [0.2, 0.25) is 0 Å². The van der Waals surface area contributed by atoms with Gasteiger partial charge in [-0.05, 0) is 38.0 Å². The molecule has 1 rings (SSSR count). The minimum atomic E-state index is -0.277. The van der Waals surface area contributed by atoms with Crippen molar-refractivity contribution in [1.82, 2.24) is 5.32 Å². The molecular formula is C13H17N3O. The average molecular weight is 231 g/mol. The van der Waals surface area contributed by atoms with Crippen molar-refractivity contribution in [2.45, 2.75) is 20.8 Å². The van der Waals surface area contributed by atoms with Gasteiger partial charge in [-0.15, -0.1) is 0 Å². The Labute approximate surface area is 102 Å². The highest BCUT2D eigenvalue weighted by Crippen LogP contribution is 2.15. The van der Waals surface area contributed by atoms with Gasteiger partial charge in [-0.1, -0.05) is 12.1 Å². The Morgan fingerprint density at radius 3 is 2.82 bits per heavy atom. The van der Waals surface area contributed by atoms with Crippen LogP contribution in [0.4, 0.5) is 10.5 Å². The SMILES string of the molecule is Cc1ccc(C)c(NC(=O)NC[C@@H](C)C#N)c1. The maximum atomic E-state index is 11.6. The Kier molecular flexibility index (Phi) is 4.53. The van der Waals surface area contributed by atoms with E-state index in [4.69, 9.17) is 5.26 Å². The summed E-state index contributed by atoms with van der Waals surface area (Å²) < 4.78 is 0. The van der Waals surface area contributed by atoms with Crippen LogP contribution in [0.25, 0.3) is 0 Å². The number of nitrogens with zero attached hydrogens (tertiary/aromatic N) is 1. The maximum absolute atomic E-state index is 11.6. The van der Waals surface area contributed by atoms with Crippen LogP contribution in [-0.2, 0) is 0 Å². The first-order chi connectivity index (χ1) is 8.02. The van der Waals surface area contributed by atoms with Gasteiger partial charge in [-0.3, -0.25) is 0 Å². The van der Waals surface area contributed by atoms with Gasteiger partial charge >= 0.3 is 6.03 Å². The van der Waals surface area contributed by atoms with Crippen LogP contribution in [0.5, 0.6) is 0 Å². The Hall–Kier alpha value is -2.02. The Balaban J connectivity index is 2.57. The summed E-state index contributed by atoms with van der Waals surface area (Å²) in [5, 5.41) is 14.0. The number of urea groups is 1. The fourth-order valence-corrected chi connectivity index (χ4v) is 1.33. The summed E-state index contributed by atoms with van der Waals surface area (Å²) in [6.07, 6.45) is 0. The molecule has 0 radical (unpaired) electrons. The number of nitrogens with one attached hydrogen (secondary N) is 2. The zero-order valence-corrected chi connectivity index (χ0v) is 10.4. The second kappa shape index (κ2) is 5.90. The topological polar surface area (TPSA) is 64.9 Å². The lowest BCUT2D eigenvalue weighted by Gasteiger charge is -2.11. The number of hydrogen-bond donors (Lipinski definition) is 2. The third-order valence-electron chi connectivity index (χ3n) is 2.43. The molecule has 0 saturated heterocycles. The third-order valence-corrected chi connectivity index (χ3v) is 2.43. The van der Waals surface area contributed by atoms with Crippen LogP contribution in [0.1, 0.15) is 18.1 Å². The molecule has 0 bridgehead atoms. The lowest BCUT2D eigenvalue weighted by atomic mass is 10.1. The van der Waals surface area contributed by atoms with Crippen molar-refractivity contribution in [3.8, 4) is 6.07 Å². The Bertz CT molecular complexity index is 448. The molecule has 0 fully saturated rings. The normalized spacial score (nSPS) is 11.4. The molecule has 0 spiro atoms. The van der Waals surface area contributed by atoms with E-state index in [0.29, 0.717) is 6.54 Å². The average Bonchev–Trinajstić information content (AvgIpc) is 2.30. The van der Waals surface area contributed by atoms with Crippen molar-refractivity contribution in [3.05, 3.63) is 29.3 Å². The summed E-state index contributed by atoms with van der Waals surface area (Å²) in [5.41, 5.74) is 2.91. The molecule has 0 heterocycles. The zero-order chi connectivity index (χ0) is 12.8. The van der Waals surface area contributed by atoms with Crippen molar-refractivity contribution in [1.29, 1.82) is 5.26 Å². The van der Waals surface area contributed by atoms with E-state index < -0.39 is 0 Å². The van der Waals surface area contributed by atoms with E-state index in [1.54, 1.807) is 6.92 Å². The summed E-state index contributed by atoms with van der Waals surface area (Å²) in [5.74, 6) is -0.181. The van der Waals surface area contributed by atoms with Crippen molar-refractivity contribution >= 4 is 11.7 Å². The standard InChI is InChI=1S/C13H17N3O/c1-9-4-5-11(3)12(6-9)16-13(17)15-8-10(2)7-14/h4-6,10H,8H2,1-3H3,(H2,15,16,17)/t10-/m0/s1. The molecule has 0 unspecified atom stereocenters. The van der Waals surface area contributed by atoms with E-state index >= 15 is 0 Å². The van der Waals surface area contributed by atoms with Crippen molar-refractivity contribution in [3.63, 3.8) is 0 Å². The van der Waals surface area contributed by atoms with Crippen LogP contribution in [0.15, 0.2) is 18.2 Å². The number of nitriles is 1. The predicted octanol–water partition coefficient (Wildman–Crippen LogP) is 2.58. The number of benzene rings is 1. The van der Waals surface area contributed by atoms with Gasteiger partial charge in [0.25, 0.3) is 0 Å². The van der Waals surface area contributed by atoms with Crippen LogP contribution in [-0.4, -0.2) is 12.6 Å². The molecule has 17 heavy (non-hydrogen) atoms. The van der Waals surface area contributed by atoms with Gasteiger partial charge < -0.3 is 10.6 Å². The number of anilines is 1. The second-order valence-electron chi connectivity index (χ2n) is 4.18. The number of carbonyl (C=O) groups excluding carboxylic acids is 1. The molecule has 0 saturated carbocycles. The van der Waals surface area contributed by atoms with Gasteiger partial charge in [-0.2, -0.15) is 5.26 Å². The predicted molar refractivity (Wildman–Crippen MR) is 67.7 cm³/mol. The maximum Gasteiger partial charge on any atom is 0.319 e. The highest BCUT2D eigenvalue weighted by molar-refractivity contribution is 5.90. The molecule has 90 valence electrons. The number of carbonyl (C=O) groups is 1. The van der Waals surface area contributed by atoms with Crippen molar-refractivity contribution in [2.24, 2.45) is 5.92 Å². The molecule has 0 aliphatic carbocycles. The quantitative estimate of drug-likeness (QED) is 0.839. The fraction of sp³-hybridized carbons (Fsp3) is 0.385. The van der Waals surface area contributed by atoms with E-state index in [1.165, 1.54) is 0 Å². The van der Waals surface area contributed by atoms with Crippen LogP contribution in [0, 0.1) is 31.1 Å². The molecule has 2 amide bonds. The summed E-state index contributed by atoms with van der Waals surface area (Å²) in [6.45, 7) is 6.03. The number of aryl methyl sites for hydroxylation is 2. The smallest absolute Gasteiger partial charge is 0.319 e. The number of rotatable bonds is 3. The summed E-state index contributed by atoms with van der Waals surface area (Å²) in [4.78, 5) is 11.6. The zero-order valence-electron chi connectivity index (χ0n) is 10.4. The lowest BCUT2D eigenvalue weighted by Crippen LogP contribution is -2.32. The van der Waals surface area contributed by atoms with Gasteiger partial charge in [-0.25, -0.2) is 4.79 Å². The Morgan fingerprint density at radius 2 is 2.18 bits per heavy atom.